The van der Waals surface area contributed by atoms with Crippen molar-refractivity contribution in [1.82, 2.24) is 10.6 Å². The number of hydrogen-bond acceptors (Lipinski definition) is 2. The Morgan fingerprint density at radius 2 is 2.17 bits per heavy atom. The van der Waals surface area contributed by atoms with Crippen LogP contribution in [0.1, 0.15) is 23.2 Å². The van der Waals surface area contributed by atoms with Crippen molar-refractivity contribution in [2.45, 2.75) is 18.9 Å². The highest BCUT2D eigenvalue weighted by Crippen LogP contribution is 2.17. The molecule has 1 atom stereocenters. The maximum Gasteiger partial charge on any atom is 0.254 e. The van der Waals surface area contributed by atoms with E-state index in [9.17, 15) is 13.6 Å². The molecule has 1 aliphatic rings. The van der Waals surface area contributed by atoms with Crippen molar-refractivity contribution in [2.24, 2.45) is 0 Å². The van der Waals surface area contributed by atoms with Crippen molar-refractivity contribution < 1.29 is 13.6 Å². The summed E-state index contributed by atoms with van der Waals surface area (Å²) >= 11 is 1.74. The van der Waals surface area contributed by atoms with Crippen LogP contribution >= 0.6 is 22.6 Å². The first-order valence-corrected chi connectivity index (χ1v) is 6.82. The first kappa shape index (κ1) is 13.7. The molecule has 0 saturated carbocycles. The Labute approximate surface area is 117 Å². The van der Waals surface area contributed by atoms with Crippen LogP contribution in [0.2, 0.25) is 0 Å². The first-order valence-electron chi connectivity index (χ1n) is 5.74. The largest absolute Gasteiger partial charge is 0.348 e. The Balaban J connectivity index is 2.10. The fraction of sp³-hybridized carbons (Fsp3) is 0.417. The van der Waals surface area contributed by atoms with Crippen molar-refractivity contribution in [3.8, 4) is 0 Å². The van der Waals surface area contributed by atoms with Gasteiger partial charge in [0, 0.05) is 22.2 Å². The van der Waals surface area contributed by atoms with Gasteiger partial charge in [0.1, 0.15) is 11.6 Å². The number of carbonyl (C=O) groups is 1. The number of piperidine rings is 1. The average molecular weight is 366 g/mol. The summed E-state index contributed by atoms with van der Waals surface area (Å²) in [4.78, 5) is 11.9. The lowest BCUT2D eigenvalue weighted by Gasteiger charge is -2.23. The van der Waals surface area contributed by atoms with Gasteiger partial charge in [-0.2, -0.15) is 0 Å². The van der Waals surface area contributed by atoms with Crippen LogP contribution in [0.5, 0.6) is 0 Å². The highest BCUT2D eigenvalue weighted by atomic mass is 127. The van der Waals surface area contributed by atoms with Crippen molar-refractivity contribution in [1.29, 1.82) is 0 Å². The Kier molecular flexibility index (Phi) is 4.50. The monoisotopic (exact) mass is 366 g/mol. The Morgan fingerprint density at radius 1 is 1.39 bits per heavy atom. The van der Waals surface area contributed by atoms with Gasteiger partial charge >= 0.3 is 0 Å². The molecule has 1 heterocycles. The van der Waals surface area contributed by atoms with Crippen molar-refractivity contribution >= 4 is 28.5 Å². The van der Waals surface area contributed by atoms with Gasteiger partial charge in [-0.1, -0.05) is 0 Å². The van der Waals surface area contributed by atoms with Crippen molar-refractivity contribution in [2.75, 3.05) is 13.1 Å². The molecule has 1 fully saturated rings. The molecule has 0 unspecified atom stereocenters. The molecule has 0 radical (unpaired) electrons. The predicted octanol–water partition coefficient (Wildman–Crippen LogP) is 2.05. The van der Waals surface area contributed by atoms with E-state index in [0.717, 1.165) is 25.5 Å². The van der Waals surface area contributed by atoms with Gasteiger partial charge in [0.05, 0.1) is 5.56 Å². The summed E-state index contributed by atoms with van der Waals surface area (Å²) in [5.41, 5.74) is -0.105. The maximum atomic E-state index is 13.5. The van der Waals surface area contributed by atoms with Gasteiger partial charge in [-0.15, -0.1) is 0 Å². The minimum Gasteiger partial charge on any atom is -0.348 e. The Hall–Kier alpha value is -0.760. The number of amides is 1. The number of halogens is 3. The second-order valence-corrected chi connectivity index (χ2v) is 5.43. The maximum absolute atomic E-state index is 13.5. The first-order chi connectivity index (χ1) is 8.58. The van der Waals surface area contributed by atoms with E-state index in [1.165, 1.54) is 6.07 Å². The second-order valence-electron chi connectivity index (χ2n) is 4.26. The number of hydrogen-bond donors (Lipinski definition) is 2. The van der Waals surface area contributed by atoms with E-state index < -0.39 is 17.5 Å². The normalized spacial score (nSPS) is 19.6. The standard InChI is InChI=1S/C12H13F2IN2O/c13-9-5-10(14)11(15)4-8(9)12(18)17-7-2-1-3-16-6-7/h4-5,7,16H,1-3,6H2,(H,17,18)/t7-/m1/s1. The molecule has 2 N–H and O–H groups in total. The highest BCUT2D eigenvalue weighted by molar-refractivity contribution is 14.1. The quantitative estimate of drug-likeness (QED) is 0.622. The van der Waals surface area contributed by atoms with Gasteiger partial charge in [-0.05, 0) is 48.0 Å². The van der Waals surface area contributed by atoms with E-state index in [1.807, 2.05) is 0 Å². The summed E-state index contributed by atoms with van der Waals surface area (Å²) < 4.78 is 26.8. The van der Waals surface area contributed by atoms with Crippen LogP contribution in [0.25, 0.3) is 0 Å². The SMILES string of the molecule is O=C(N[C@@H]1CCCNC1)c1cc(I)c(F)cc1F. The summed E-state index contributed by atoms with van der Waals surface area (Å²) in [7, 11) is 0. The molecule has 3 nitrogen and oxygen atoms in total. The average Bonchev–Trinajstić information content (AvgIpc) is 2.35. The number of benzene rings is 1. The fourth-order valence-corrected chi connectivity index (χ4v) is 2.40. The highest BCUT2D eigenvalue weighted by Gasteiger charge is 2.19. The minimum absolute atomic E-state index is 0.00774. The van der Waals surface area contributed by atoms with Crippen LogP contribution in [0.4, 0.5) is 8.78 Å². The van der Waals surface area contributed by atoms with Crippen molar-refractivity contribution in [3.63, 3.8) is 0 Å². The molecule has 1 amide bonds. The molecule has 0 aromatic heterocycles. The van der Waals surface area contributed by atoms with Gasteiger partial charge in [-0.3, -0.25) is 4.79 Å². The van der Waals surface area contributed by atoms with Gasteiger partial charge in [0.15, 0.2) is 0 Å². The topological polar surface area (TPSA) is 41.1 Å². The lowest BCUT2D eigenvalue weighted by molar-refractivity contribution is 0.0926. The van der Waals surface area contributed by atoms with E-state index in [0.29, 0.717) is 6.54 Å². The molecule has 6 heteroatoms. The molecule has 18 heavy (non-hydrogen) atoms. The summed E-state index contributed by atoms with van der Waals surface area (Å²) in [5, 5.41) is 5.91. The lowest BCUT2D eigenvalue weighted by Crippen LogP contribution is -2.45. The zero-order valence-electron chi connectivity index (χ0n) is 9.60. The molecule has 1 aliphatic heterocycles. The van der Waals surface area contributed by atoms with Gasteiger partial charge < -0.3 is 10.6 Å². The molecular weight excluding hydrogens is 353 g/mol. The minimum atomic E-state index is -0.825. The molecule has 0 bridgehead atoms. The van der Waals surface area contributed by atoms with E-state index in [1.54, 1.807) is 22.6 Å². The Morgan fingerprint density at radius 3 is 2.83 bits per heavy atom. The van der Waals surface area contributed by atoms with Crippen LogP contribution in [0, 0.1) is 15.2 Å². The van der Waals surface area contributed by atoms with Crippen LogP contribution < -0.4 is 10.6 Å². The Bertz CT molecular complexity index is 462. The molecule has 1 saturated heterocycles. The van der Waals surface area contributed by atoms with E-state index in [4.69, 9.17) is 0 Å². The zero-order valence-corrected chi connectivity index (χ0v) is 11.8. The van der Waals surface area contributed by atoms with Gasteiger partial charge in [-0.25, -0.2) is 8.78 Å². The number of rotatable bonds is 2. The van der Waals surface area contributed by atoms with Crippen LogP contribution in [0.3, 0.4) is 0 Å². The third-order valence-electron chi connectivity index (χ3n) is 2.89. The van der Waals surface area contributed by atoms with E-state index in [2.05, 4.69) is 10.6 Å². The molecule has 2 rings (SSSR count). The number of nitrogens with one attached hydrogen (secondary N) is 2. The van der Waals surface area contributed by atoms with Crippen LogP contribution in [-0.2, 0) is 0 Å². The molecule has 1 aromatic carbocycles. The van der Waals surface area contributed by atoms with Crippen LogP contribution in [-0.4, -0.2) is 25.0 Å². The summed E-state index contributed by atoms with van der Waals surface area (Å²) in [6, 6.07) is 1.99. The fourth-order valence-electron chi connectivity index (χ4n) is 1.93. The zero-order chi connectivity index (χ0) is 13.1. The number of carbonyl (C=O) groups excluding carboxylic acids is 1. The van der Waals surface area contributed by atoms with Crippen LogP contribution in [0.15, 0.2) is 12.1 Å². The predicted molar refractivity (Wildman–Crippen MR) is 72.4 cm³/mol. The molecule has 98 valence electrons. The third-order valence-corrected chi connectivity index (χ3v) is 3.71. The van der Waals surface area contributed by atoms with Crippen molar-refractivity contribution in [3.05, 3.63) is 32.9 Å². The van der Waals surface area contributed by atoms with Gasteiger partial charge in [0.25, 0.3) is 5.91 Å². The smallest absolute Gasteiger partial charge is 0.254 e. The summed E-state index contributed by atoms with van der Waals surface area (Å²) in [6.07, 6.45) is 1.85. The second kappa shape index (κ2) is 5.92. The third kappa shape index (κ3) is 3.17. The lowest BCUT2D eigenvalue weighted by atomic mass is 10.1. The molecular formula is C12H13F2IN2O. The molecule has 1 aromatic rings. The summed E-state index contributed by atoms with van der Waals surface area (Å²) in [6.45, 7) is 1.63. The molecule has 0 spiro atoms. The van der Waals surface area contributed by atoms with E-state index in [-0.39, 0.29) is 15.2 Å². The van der Waals surface area contributed by atoms with E-state index >= 15 is 0 Å². The summed E-state index contributed by atoms with van der Waals surface area (Å²) in [5.74, 6) is -1.96. The van der Waals surface area contributed by atoms with Gasteiger partial charge in [0.2, 0.25) is 0 Å². The molecule has 0 aliphatic carbocycles.